The van der Waals surface area contributed by atoms with E-state index in [2.05, 4.69) is 50.5 Å². The van der Waals surface area contributed by atoms with Crippen LogP contribution in [-0.2, 0) is 0 Å². The second-order valence-corrected chi connectivity index (χ2v) is 4.74. The molecule has 1 aromatic heterocycles. The van der Waals surface area contributed by atoms with Crippen LogP contribution < -0.4 is 5.32 Å². The molecule has 0 saturated carbocycles. The van der Waals surface area contributed by atoms with Crippen molar-refractivity contribution in [3.05, 3.63) is 59.2 Å². The van der Waals surface area contributed by atoms with E-state index >= 15 is 0 Å². The summed E-state index contributed by atoms with van der Waals surface area (Å²) in [6.07, 6.45) is 1.95. The molecule has 0 bridgehead atoms. The number of rotatable bonds is 2. The predicted octanol–water partition coefficient (Wildman–Crippen LogP) is 4.67. The average Bonchev–Trinajstić information content (AvgIpc) is 2.79. The van der Waals surface area contributed by atoms with E-state index in [-0.39, 0.29) is 0 Å². The third kappa shape index (κ3) is 2.06. The van der Waals surface area contributed by atoms with Gasteiger partial charge in [0.15, 0.2) is 0 Å². The van der Waals surface area contributed by atoms with Crippen LogP contribution in [0, 0.1) is 0 Å². The zero-order chi connectivity index (χ0) is 11.7. The Balaban J connectivity index is 1.97. The Kier molecular flexibility index (Phi) is 2.61. The third-order valence-corrected chi connectivity index (χ3v) is 3.40. The maximum Gasteiger partial charge on any atom is 0.0528 e. The number of benzene rings is 2. The lowest BCUT2D eigenvalue weighted by Crippen LogP contribution is -1.90. The highest BCUT2D eigenvalue weighted by Gasteiger charge is 2.00. The van der Waals surface area contributed by atoms with Crippen molar-refractivity contribution >= 4 is 38.2 Å². The highest BCUT2D eigenvalue weighted by molar-refractivity contribution is 9.10. The molecule has 0 spiro atoms. The van der Waals surface area contributed by atoms with Crippen LogP contribution in [0.15, 0.2) is 59.2 Å². The fourth-order valence-electron chi connectivity index (χ4n) is 1.85. The number of fused-ring (bicyclic) bond motifs is 1. The molecule has 0 unspecified atom stereocenters. The van der Waals surface area contributed by atoms with Gasteiger partial charge in [-0.25, -0.2) is 0 Å². The molecule has 3 heteroatoms. The lowest BCUT2D eigenvalue weighted by molar-refractivity contribution is 1.47. The maximum absolute atomic E-state index is 3.53. The van der Waals surface area contributed by atoms with Gasteiger partial charge in [-0.2, -0.15) is 0 Å². The average molecular weight is 287 g/mol. The number of nitrogens with one attached hydrogen (secondary N) is 2. The van der Waals surface area contributed by atoms with E-state index in [0.717, 1.165) is 21.4 Å². The summed E-state index contributed by atoms with van der Waals surface area (Å²) < 4.78 is 1.06. The summed E-state index contributed by atoms with van der Waals surface area (Å²) in [5, 5.41) is 4.60. The molecular formula is C14H11BrN2. The van der Waals surface area contributed by atoms with Gasteiger partial charge in [-0.3, -0.25) is 0 Å². The Morgan fingerprint density at radius 1 is 1.00 bits per heavy atom. The van der Waals surface area contributed by atoms with E-state index in [0.29, 0.717) is 0 Å². The smallest absolute Gasteiger partial charge is 0.0528 e. The summed E-state index contributed by atoms with van der Waals surface area (Å²) in [6, 6.07) is 16.4. The number of hydrogen-bond donors (Lipinski definition) is 2. The first kappa shape index (κ1) is 10.4. The van der Waals surface area contributed by atoms with Crippen LogP contribution in [0.2, 0.25) is 0 Å². The lowest BCUT2D eigenvalue weighted by atomic mass is 10.2. The minimum absolute atomic E-state index is 1.06. The first-order valence-corrected chi connectivity index (χ1v) is 6.21. The second-order valence-electron chi connectivity index (χ2n) is 3.88. The summed E-state index contributed by atoms with van der Waals surface area (Å²) in [7, 11) is 0. The van der Waals surface area contributed by atoms with Crippen LogP contribution in [-0.4, -0.2) is 4.98 Å². The van der Waals surface area contributed by atoms with Gasteiger partial charge in [0.1, 0.15) is 0 Å². The van der Waals surface area contributed by atoms with Crippen LogP contribution >= 0.6 is 15.9 Å². The Labute approximate surface area is 108 Å². The summed E-state index contributed by atoms with van der Waals surface area (Å²) in [5.41, 5.74) is 3.31. The molecule has 2 aromatic carbocycles. The van der Waals surface area contributed by atoms with Crippen molar-refractivity contribution < 1.29 is 0 Å². The second kappa shape index (κ2) is 4.26. The normalized spacial score (nSPS) is 10.6. The van der Waals surface area contributed by atoms with Gasteiger partial charge in [0, 0.05) is 27.3 Å². The number of hydrogen-bond acceptors (Lipinski definition) is 1. The first-order valence-electron chi connectivity index (χ1n) is 5.42. The minimum Gasteiger partial charge on any atom is -0.361 e. The highest BCUT2D eigenvalue weighted by atomic mass is 79.9. The van der Waals surface area contributed by atoms with E-state index < -0.39 is 0 Å². The molecule has 0 aliphatic rings. The van der Waals surface area contributed by atoms with Crippen LogP contribution in [0.1, 0.15) is 0 Å². The van der Waals surface area contributed by atoms with Gasteiger partial charge >= 0.3 is 0 Å². The summed E-state index contributed by atoms with van der Waals surface area (Å²) in [5.74, 6) is 0. The van der Waals surface area contributed by atoms with Crippen LogP contribution in [0.3, 0.4) is 0 Å². The third-order valence-electron chi connectivity index (χ3n) is 2.71. The first-order chi connectivity index (χ1) is 8.33. The van der Waals surface area contributed by atoms with Crippen LogP contribution in [0.25, 0.3) is 10.9 Å². The molecule has 2 N–H and O–H groups in total. The zero-order valence-corrected chi connectivity index (χ0v) is 10.7. The molecule has 1 heterocycles. The summed E-state index contributed by atoms with van der Waals surface area (Å²) >= 11 is 3.53. The van der Waals surface area contributed by atoms with Crippen molar-refractivity contribution in [2.24, 2.45) is 0 Å². The molecule has 2 nitrogen and oxygen atoms in total. The molecule has 17 heavy (non-hydrogen) atoms. The number of H-pyrrole nitrogens is 1. The highest BCUT2D eigenvalue weighted by Crippen LogP contribution is 2.26. The lowest BCUT2D eigenvalue weighted by Gasteiger charge is -2.08. The Hall–Kier alpha value is -1.74. The number of aromatic amines is 1. The van der Waals surface area contributed by atoms with E-state index in [1.54, 1.807) is 0 Å². The van der Waals surface area contributed by atoms with Gasteiger partial charge in [-0.15, -0.1) is 0 Å². The molecule has 0 amide bonds. The van der Waals surface area contributed by atoms with Gasteiger partial charge in [-0.05, 0) is 52.3 Å². The Bertz CT molecular complexity index is 658. The van der Waals surface area contributed by atoms with Crippen molar-refractivity contribution in [1.29, 1.82) is 0 Å². The molecular weight excluding hydrogens is 276 g/mol. The Morgan fingerprint density at radius 3 is 2.76 bits per heavy atom. The van der Waals surface area contributed by atoms with Gasteiger partial charge in [0.2, 0.25) is 0 Å². The summed E-state index contributed by atoms with van der Waals surface area (Å²) in [4.78, 5) is 3.18. The molecule has 0 fully saturated rings. The van der Waals surface area contributed by atoms with Crippen molar-refractivity contribution in [3.8, 4) is 0 Å². The fourth-order valence-corrected chi connectivity index (χ4v) is 2.23. The largest absolute Gasteiger partial charge is 0.361 e. The number of para-hydroxylation sites is 1. The molecule has 3 aromatic rings. The predicted molar refractivity (Wildman–Crippen MR) is 75.7 cm³/mol. The monoisotopic (exact) mass is 286 g/mol. The molecule has 0 saturated heterocycles. The van der Waals surface area contributed by atoms with Crippen molar-refractivity contribution in [1.82, 2.24) is 4.98 Å². The van der Waals surface area contributed by atoms with Gasteiger partial charge in [0.25, 0.3) is 0 Å². The van der Waals surface area contributed by atoms with E-state index in [1.165, 1.54) is 5.39 Å². The topological polar surface area (TPSA) is 27.8 Å². The molecule has 84 valence electrons. The maximum atomic E-state index is 3.53. The van der Waals surface area contributed by atoms with Gasteiger partial charge in [-0.1, -0.05) is 12.1 Å². The van der Waals surface area contributed by atoms with Crippen LogP contribution in [0.5, 0.6) is 0 Å². The number of halogens is 1. The van der Waals surface area contributed by atoms with Crippen molar-refractivity contribution in [2.45, 2.75) is 0 Å². The van der Waals surface area contributed by atoms with Gasteiger partial charge in [0.05, 0.1) is 5.69 Å². The standard InChI is InChI=1S/C14H11BrN2/c15-12-3-1-2-4-14(12)17-11-5-6-13-10(9-11)7-8-16-13/h1-9,16-17H. The van der Waals surface area contributed by atoms with Gasteiger partial charge < -0.3 is 10.3 Å². The quantitative estimate of drug-likeness (QED) is 0.704. The fraction of sp³-hybridized carbons (Fsp3) is 0. The Morgan fingerprint density at radius 2 is 1.88 bits per heavy atom. The molecule has 0 aliphatic carbocycles. The van der Waals surface area contributed by atoms with E-state index in [9.17, 15) is 0 Å². The van der Waals surface area contributed by atoms with E-state index in [4.69, 9.17) is 0 Å². The number of anilines is 2. The van der Waals surface area contributed by atoms with Crippen molar-refractivity contribution in [3.63, 3.8) is 0 Å². The SMILES string of the molecule is Brc1ccccc1Nc1ccc2[nH]ccc2c1. The van der Waals surface area contributed by atoms with E-state index in [1.807, 2.05) is 30.5 Å². The molecule has 3 rings (SSSR count). The van der Waals surface area contributed by atoms with Crippen LogP contribution in [0.4, 0.5) is 11.4 Å². The molecule has 0 radical (unpaired) electrons. The number of aromatic nitrogens is 1. The summed E-state index contributed by atoms with van der Waals surface area (Å²) in [6.45, 7) is 0. The molecule has 0 aliphatic heterocycles. The zero-order valence-electron chi connectivity index (χ0n) is 9.07. The van der Waals surface area contributed by atoms with Crippen molar-refractivity contribution in [2.75, 3.05) is 5.32 Å². The minimum atomic E-state index is 1.06. The molecule has 0 atom stereocenters.